The molecule has 3 aromatic carbocycles. The first-order valence-electron chi connectivity index (χ1n) is 11.6. The molecule has 0 aliphatic heterocycles. The van der Waals surface area contributed by atoms with Crippen molar-refractivity contribution in [3.63, 3.8) is 0 Å². The highest BCUT2D eigenvalue weighted by atomic mass is 35.5. The topological polar surface area (TPSA) is 106 Å². The second-order valence-electron chi connectivity index (χ2n) is 8.38. The van der Waals surface area contributed by atoms with Gasteiger partial charge in [0.1, 0.15) is 11.5 Å². The Morgan fingerprint density at radius 3 is 2.45 bits per heavy atom. The van der Waals surface area contributed by atoms with E-state index in [0.29, 0.717) is 56.4 Å². The molecule has 0 aliphatic carbocycles. The van der Waals surface area contributed by atoms with Gasteiger partial charge in [-0.1, -0.05) is 41.9 Å². The lowest BCUT2D eigenvalue weighted by Crippen LogP contribution is -2.11. The van der Waals surface area contributed by atoms with E-state index >= 15 is 0 Å². The summed E-state index contributed by atoms with van der Waals surface area (Å²) in [6.45, 7) is 5.41. The molecule has 3 N–H and O–H groups in total. The maximum atomic E-state index is 12.0. The number of methoxy groups -OCH3 is 2. The number of hydrogen-bond donors (Lipinski definition) is 3. The Morgan fingerprint density at radius 2 is 1.82 bits per heavy atom. The lowest BCUT2D eigenvalue weighted by Gasteiger charge is -2.17. The van der Waals surface area contributed by atoms with Crippen LogP contribution in [0.25, 0.3) is 22.0 Å². The molecule has 4 aromatic rings. The van der Waals surface area contributed by atoms with Gasteiger partial charge in [0.15, 0.2) is 0 Å². The third-order valence-electron chi connectivity index (χ3n) is 5.92. The number of aromatic nitrogens is 2. The van der Waals surface area contributed by atoms with Crippen molar-refractivity contribution < 1.29 is 19.4 Å². The summed E-state index contributed by atoms with van der Waals surface area (Å²) in [4.78, 5) is 21.2. The van der Waals surface area contributed by atoms with E-state index in [0.717, 1.165) is 22.1 Å². The monoisotopic (exact) mass is 552 g/mol. The number of aliphatic hydroxyl groups excluding tert-OH is 1. The second-order valence-corrected chi connectivity index (χ2v) is 9.13. The molecular weight excluding hydrogens is 527 g/mol. The van der Waals surface area contributed by atoms with E-state index in [9.17, 15) is 9.90 Å². The summed E-state index contributed by atoms with van der Waals surface area (Å²) < 4.78 is 10.8. The number of hydrogen-bond acceptors (Lipinski definition) is 7. The van der Waals surface area contributed by atoms with Gasteiger partial charge < -0.3 is 25.2 Å². The third-order valence-corrected chi connectivity index (χ3v) is 6.67. The highest BCUT2D eigenvalue weighted by molar-refractivity contribution is 6.41. The van der Waals surface area contributed by atoms with Crippen LogP contribution in [0.4, 0.5) is 17.3 Å². The SMILES string of the molecule is C=CC(=O)Nc1cc(CCO)cc(C)c1Nc1ncc2cc(-c3c(Cl)c(OC)cc(OC)c3Cl)ccc2n1. The van der Waals surface area contributed by atoms with Crippen LogP contribution in [0.5, 0.6) is 11.5 Å². The first-order valence-corrected chi connectivity index (χ1v) is 12.4. The van der Waals surface area contributed by atoms with E-state index in [2.05, 4.69) is 27.2 Å². The lowest BCUT2D eigenvalue weighted by atomic mass is 10.0. The van der Waals surface area contributed by atoms with Crippen molar-refractivity contribution in [2.24, 2.45) is 0 Å². The van der Waals surface area contributed by atoms with Gasteiger partial charge in [-0.15, -0.1) is 0 Å². The number of amides is 1. The van der Waals surface area contributed by atoms with Crippen molar-refractivity contribution in [3.8, 4) is 22.6 Å². The molecule has 0 fully saturated rings. The van der Waals surface area contributed by atoms with Gasteiger partial charge in [0.25, 0.3) is 0 Å². The number of aliphatic hydroxyl groups is 1. The zero-order valence-corrected chi connectivity index (χ0v) is 22.6. The minimum absolute atomic E-state index is 0.00416. The van der Waals surface area contributed by atoms with Crippen LogP contribution in [0, 0.1) is 6.92 Å². The first-order chi connectivity index (χ1) is 18.3. The fraction of sp³-hybridized carbons (Fsp3) is 0.179. The molecule has 10 heteroatoms. The van der Waals surface area contributed by atoms with Crippen molar-refractivity contribution >= 4 is 57.3 Å². The summed E-state index contributed by atoms with van der Waals surface area (Å²) in [5.41, 5.74) is 4.92. The quantitative estimate of drug-likeness (QED) is 0.208. The highest BCUT2D eigenvalue weighted by Crippen LogP contribution is 2.46. The predicted octanol–water partition coefficient (Wildman–Crippen LogP) is 6.33. The summed E-state index contributed by atoms with van der Waals surface area (Å²) in [6.07, 6.45) is 3.34. The molecule has 0 saturated heterocycles. The molecule has 0 bridgehead atoms. The number of rotatable bonds is 9. The maximum Gasteiger partial charge on any atom is 0.247 e. The molecular formula is C28H26Cl2N4O4. The molecule has 1 amide bonds. The second kappa shape index (κ2) is 11.7. The van der Waals surface area contributed by atoms with Crippen molar-refractivity contribution in [1.82, 2.24) is 9.97 Å². The smallest absolute Gasteiger partial charge is 0.247 e. The molecule has 1 heterocycles. The van der Waals surface area contributed by atoms with E-state index in [1.54, 1.807) is 18.3 Å². The van der Waals surface area contributed by atoms with E-state index in [-0.39, 0.29) is 12.5 Å². The Kier molecular flexibility index (Phi) is 8.36. The Bertz CT molecular complexity index is 1510. The van der Waals surface area contributed by atoms with Crippen LogP contribution in [0.1, 0.15) is 11.1 Å². The van der Waals surface area contributed by atoms with Crippen LogP contribution < -0.4 is 20.1 Å². The van der Waals surface area contributed by atoms with Crippen molar-refractivity contribution in [3.05, 3.63) is 76.4 Å². The fourth-order valence-corrected chi connectivity index (χ4v) is 4.80. The lowest BCUT2D eigenvalue weighted by molar-refractivity contribution is -0.111. The standard InChI is InChI=1S/C28H26Cl2N4O4/c1-5-23(36)32-20-11-16(8-9-35)10-15(2)27(20)34-28-31-14-18-12-17(6-7-19(18)33-28)24-25(29)21(37-3)13-22(38-4)26(24)30/h5-7,10-14,35H,1,8-9H2,2-4H3,(H,32,36)(H,31,33,34). The minimum atomic E-state index is -0.355. The van der Waals surface area contributed by atoms with Gasteiger partial charge in [-0.3, -0.25) is 4.79 Å². The minimum Gasteiger partial charge on any atom is -0.495 e. The van der Waals surface area contributed by atoms with E-state index < -0.39 is 0 Å². The summed E-state index contributed by atoms with van der Waals surface area (Å²) >= 11 is 13.2. The van der Waals surface area contributed by atoms with E-state index in [1.807, 2.05) is 31.2 Å². The Hall–Kier alpha value is -3.85. The number of carbonyl (C=O) groups excluding carboxylic acids is 1. The molecule has 1 aromatic heterocycles. The van der Waals surface area contributed by atoms with Gasteiger partial charge >= 0.3 is 0 Å². The zero-order chi connectivity index (χ0) is 27.4. The van der Waals surface area contributed by atoms with Gasteiger partial charge in [-0.05, 0) is 54.3 Å². The Morgan fingerprint density at radius 1 is 1.11 bits per heavy atom. The van der Waals surface area contributed by atoms with Gasteiger partial charge in [0.2, 0.25) is 11.9 Å². The molecule has 196 valence electrons. The number of anilines is 3. The van der Waals surface area contributed by atoms with E-state index in [4.69, 9.17) is 32.7 Å². The van der Waals surface area contributed by atoms with Crippen molar-refractivity contribution in [2.75, 3.05) is 31.5 Å². The van der Waals surface area contributed by atoms with Crippen molar-refractivity contribution in [1.29, 1.82) is 0 Å². The number of ether oxygens (including phenoxy) is 2. The van der Waals surface area contributed by atoms with Gasteiger partial charge in [0.05, 0.1) is 41.2 Å². The van der Waals surface area contributed by atoms with Crippen LogP contribution in [-0.2, 0) is 11.2 Å². The molecule has 0 spiro atoms. The van der Waals surface area contributed by atoms with E-state index in [1.165, 1.54) is 20.3 Å². The molecule has 0 atom stereocenters. The summed E-state index contributed by atoms with van der Waals surface area (Å²) in [5, 5.41) is 16.9. The Balaban J connectivity index is 1.73. The first kappa shape index (κ1) is 27.2. The van der Waals surface area contributed by atoms with Crippen LogP contribution in [-0.4, -0.2) is 41.8 Å². The van der Waals surface area contributed by atoms with Gasteiger partial charge in [0, 0.05) is 29.8 Å². The number of aryl methyl sites for hydroxylation is 1. The average molecular weight is 553 g/mol. The number of halogens is 2. The number of carbonyl (C=O) groups is 1. The Labute approximate surface area is 230 Å². The summed E-state index contributed by atoms with van der Waals surface area (Å²) in [6, 6.07) is 11.0. The fourth-order valence-electron chi connectivity index (χ4n) is 4.08. The van der Waals surface area contributed by atoms with Crippen molar-refractivity contribution in [2.45, 2.75) is 13.3 Å². The van der Waals surface area contributed by atoms with Crippen LogP contribution in [0.2, 0.25) is 10.0 Å². The van der Waals surface area contributed by atoms with Crippen LogP contribution in [0.15, 0.2) is 55.3 Å². The molecule has 0 saturated carbocycles. The largest absolute Gasteiger partial charge is 0.495 e. The van der Waals surface area contributed by atoms with Gasteiger partial charge in [-0.25, -0.2) is 9.97 Å². The summed E-state index contributed by atoms with van der Waals surface area (Å²) in [5.74, 6) is 0.876. The third kappa shape index (κ3) is 5.52. The average Bonchev–Trinajstić information content (AvgIpc) is 2.91. The molecule has 8 nitrogen and oxygen atoms in total. The molecule has 0 aliphatic rings. The molecule has 0 unspecified atom stereocenters. The number of nitrogens with one attached hydrogen (secondary N) is 2. The number of nitrogens with zero attached hydrogens (tertiary/aromatic N) is 2. The highest BCUT2D eigenvalue weighted by Gasteiger charge is 2.19. The molecule has 4 rings (SSSR count). The van der Waals surface area contributed by atoms with Crippen LogP contribution >= 0.6 is 23.2 Å². The molecule has 38 heavy (non-hydrogen) atoms. The summed E-state index contributed by atoms with van der Waals surface area (Å²) in [7, 11) is 3.05. The number of fused-ring (bicyclic) bond motifs is 1. The van der Waals surface area contributed by atoms with Crippen LogP contribution in [0.3, 0.4) is 0 Å². The normalized spacial score (nSPS) is 10.8. The maximum absolute atomic E-state index is 12.0. The van der Waals surface area contributed by atoms with Gasteiger partial charge in [-0.2, -0.15) is 0 Å². The predicted molar refractivity (Wildman–Crippen MR) is 152 cm³/mol. The zero-order valence-electron chi connectivity index (χ0n) is 21.1. The molecule has 0 radical (unpaired) electrons. The number of benzene rings is 3.